The van der Waals surface area contributed by atoms with Gasteiger partial charge in [-0.15, -0.1) is 0 Å². The molecule has 1 aromatic heterocycles. The van der Waals surface area contributed by atoms with Gasteiger partial charge in [-0.1, -0.05) is 12.6 Å². The van der Waals surface area contributed by atoms with Crippen molar-refractivity contribution in [3.8, 4) is 0 Å². The summed E-state index contributed by atoms with van der Waals surface area (Å²) in [5, 5.41) is 0. The summed E-state index contributed by atoms with van der Waals surface area (Å²) in [6.07, 6.45) is 4.08. The van der Waals surface area contributed by atoms with Gasteiger partial charge in [-0.3, -0.25) is 9.88 Å². The number of thiol groups is 1. The van der Waals surface area contributed by atoms with Gasteiger partial charge in [-0.2, -0.15) is 12.6 Å². The minimum absolute atomic E-state index is 0.107. The van der Waals surface area contributed by atoms with Crippen molar-refractivity contribution in [3.05, 3.63) is 41.9 Å². The Bertz CT molecular complexity index is 530. The van der Waals surface area contributed by atoms with Gasteiger partial charge in [0.1, 0.15) is 0 Å². The summed E-state index contributed by atoms with van der Waals surface area (Å²) < 4.78 is 0.107. The molecular formula is C16H23N3S. The summed E-state index contributed by atoms with van der Waals surface area (Å²) >= 11 is 4.99. The topological polar surface area (TPSA) is 42.1 Å². The Balaban J connectivity index is 1.67. The van der Waals surface area contributed by atoms with Crippen molar-refractivity contribution in [2.45, 2.75) is 31.1 Å². The maximum absolute atomic E-state index is 5.89. The fraction of sp³-hybridized carbons (Fsp3) is 0.562. The van der Waals surface area contributed by atoms with Crippen LogP contribution in [-0.2, 0) is 6.54 Å². The van der Waals surface area contributed by atoms with Gasteiger partial charge in [0, 0.05) is 36.3 Å². The molecule has 1 unspecified atom stereocenters. The normalized spacial score (nSPS) is 33.3. The maximum Gasteiger partial charge on any atom is 0.0573 e. The number of nitrogens with zero attached hydrogens (tertiary/aromatic N) is 2. The van der Waals surface area contributed by atoms with Crippen LogP contribution in [0.5, 0.6) is 0 Å². The van der Waals surface area contributed by atoms with Gasteiger partial charge in [-0.25, -0.2) is 0 Å². The summed E-state index contributed by atoms with van der Waals surface area (Å²) in [5.74, 6) is 1.08. The van der Waals surface area contributed by atoms with E-state index in [0.29, 0.717) is 11.8 Å². The number of nitrogens with two attached hydrogens (primary N) is 1. The SMILES string of the molecule is C=C(N)C1C[C@H]2CN(Cc3ncccc3C)C[C@@]2(S)C1. The lowest BCUT2D eigenvalue weighted by Crippen LogP contribution is -2.29. The first-order chi connectivity index (χ1) is 9.48. The Labute approximate surface area is 126 Å². The maximum atomic E-state index is 5.89. The smallest absolute Gasteiger partial charge is 0.0573 e. The quantitative estimate of drug-likeness (QED) is 0.840. The minimum atomic E-state index is 0.107. The highest BCUT2D eigenvalue weighted by molar-refractivity contribution is 7.81. The molecule has 0 bridgehead atoms. The molecule has 0 spiro atoms. The number of pyridine rings is 1. The number of aryl methyl sites for hydroxylation is 1. The molecule has 0 radical (unpaired) electrons. The zero-order valence-corrected chi connectivity index (χ0v) is 12.9. The summed E-state index contributed by atoms with van der Waals surface area (Å²) in [5.41, 5.74) is 9.17. The molecule has 1 aliphatic heterocycles. The molecule has 0 aromatic carbocycles. The van der Waals surface area contributed by atoms with Gasteiger partial charge in [0.05, 0.1) is 5.69 Å². The monoisotopic (exact) mass is 289 g/mol. The molecule has 3 nitrogen and oxygen atoms in total. The van der Waals surface area contributed by atoms with E-state index >= 15 is 0 Å². The van der Waals surface area contributed by atoms with E-state index in [0.717, 1.165) is 38.2 Å². The third kappa shape index (κ3) is 2.47. The predicted molar refractivity (Wildman–Crippen MR) is 85.5 cm³/mol. The summed E-state index contributed by atoms with van der Waals surface area (Å²) in [7, 11) is 0. The van der Waals surface area contributed by atoms with Crippen molar-refractivity contribution in [1.29, 1.82) is 0 Å². The fourth-order valence-corrected chi connectivity index (χ4v) is 4.35. The molecule has 0 amide bonds. The van der Waals surface area contributed by atoms with Crippen LogP contribution < -0.4 is 5.73 Å². The molecule has 1 saturated heterocycles. The molecule has 1 aromatic rings. The lowest BCUT2D eigenvalue weighted by molar-refractivity contribution is 0.294. The molecule has 3 atom stereocenters. The van der Waals surface area contributed by atoms with Crippen LogP contribution in [0, 0.1) is 18.8 Å². The van der Waals surface area contributed by atoms with E-state index in [1.807, 2.05) is 12.3 Å². The van der Waals surface area contributed by atoms with Crippen LogP contribution in [0.15, 0.2) is 30.6 Å². The summed E-state index contributed by atoms with van der Waals surface area (Å²) in [6.45, 7) is 9.10. The lowest BCUT2D eigenvalue weighted by Gasteiger charge is -2.23. The summed E-state index contributed by atoms with van der Waals surface area (Å²) in [6, 6.07) is 4.12. The fourth-order valence-electron chi connectivity index (χ4n) is 3.74. The Hall–Kier alpha value is -1.00. The van der Waals surface area contributed by atoms with Crippen LogP contribution in [-0.4, -0.2) is 27.7 Å². The predicted octanol–water partition coefficient (Wildman–Crippen LogP) is 2.37. The number of fused-ring (bicyclic) bond motifs is 1. The van der Waals surface area contributed by atoms with Crippen molar-refractivity contribution in [3.63, 3.8) is 0 Å². The molecule has 2 N–H and O–H groups in total. The first-order valence-corrected chi connectivity index (χ1v) is 7.72. The number of aromatic nitrogens is 1. The third-order valence-corrected chi connectivity index (χ3v) is 5.61. The van der Waals surface area contributed by atoms with Gasteiger partial charge in [0.15, 0.2) is 0 Å². The number of allylic oxidation sites excluding steroid dienone is 1. The van der Waals surface area contributed by atoms with Crippen LogP contribution >= 0.6 is 12.6 Å². The van der Waals surface area contributed by atoms with Crippen molar-refractivity contribution < 1.29 is 0 Å². The molecule has 108 valence electrons. The zero-order valence-electron chi connectivity index (χ0n) is 12.0. The molecule has 2 heterocycles. The van der Waals surface area contributed by atoms with Gasteiger partial charge in [-0.05, 0) is 43.2 Å². The van der Waals surface area contributed by atoms with Crippen LogP contribution in [0.2, 0.25) is 0 Å². The second-order valence-electron chi connectivity index (χ2n) is 6.45. The van der Waals surface area contributed by atoms with Crippen LogP contribution in [0.1, 0.15) is 24.1 Å². The van der Waals surface area contributed by atoms with Gasteiger partial charge < -0.3 is 5.73 Å². The highest BCUT2D eigenvalue weighted by Crippen LogP contribution is 2.50. The first-order valence-electron chi connectivity index (χ1n) is 7.27. The van der Waals surface area contributed by atoms with Crippen molar-refractivity contribution in [2.75, 3.05) is 13.1 Å². The molecule has 1 aliphatic carbocycles. The van der Waals surface area contributed by atoms with Gasteiger partial charge in [0.25, 0.3) is 0 Å². The van der Waals surface area contributed by atoms with Gasteiger partial charge in [0.2, 0.25) is 0 Å². The Kier molecular flexibility index (Phi) is 3.55. The number of rotatable bonds is 3. The first kappa shape index (κ1) is 14.0. The molecule has 2 fully saturated rings. The largest absolute Gasteiger partial charge is 0.402 e. The number of likely N-dealkylation sites (tertiary alicyclic amines) is 1. The van der Waals surface area contributed by atoms with Crippen molar-refractivity contribution in [2.24, 2.45) is 17.6 Å². The molecular weight excluding hydrogens is 266 g/mol. The Morgan fingerprint density at radius 3 is 3.10 bits per heavy atom. The Morgan fingerprint density at radius 2 is 2.45 bits per heavy atom. The zero-order chi connectivity index (χ0) is 14.3. The van der Waals surface area contributed by atoms with E-state index < -0.39 is 0 Å². The van der Waals surface area contributed by atoms with Crippen LogP contribution in [0.4, 0.5) is 0 Å². The van der Waals surface area contributed by atoms with E-state index in [9.17, 15) is 0 Å². The average Bonchev–Trinajstić information content (AvgIpc) is 2.83. The molecule has 4 heteroatoms. The molecule has 20 heavy (non-hydrogen) atoms. The van der Waals surface area contributed by atoms with E-state index in [1.54, 1.807) is 0 Å². The standard InChI is InChI=1S/C16H23N3S/c1-11-4-3-5-18-15(11)9-19-8-14-6-13(12(2)17)7-16(14,20)10-19/h3-5,13-14,20H,2,6-10,17H2,1H3/t13?,14-,16-/m0/s1. The minimum Gasteiger partial charge on any atom is -0.402 e. The second kappa shape index (κ2) is 5.08. The van der Waals surface area contributed by atoms with Crippen LogP contribution in [0.3, 0.4) is 0 Å². The van der Waals surface area contributed by atoms with Crippen molar-refractivity contribution in [1.82, 2.24) is 9.88 Å². The van der Waals surface area contributed by atoms with E-state index in [2.05, 4.69) is 29.5 Å². The third-order valence-electron chi connectivity index (χ3n) is 4.92. The number of hydrogen-bond donors (Lipinski definition) is 2. The lowest BCUT2D eigenvalue weighted by atomic mass is 10.00. The molecule has 2 aliphatic rings. The highest BCUT2D eigenvalue weighted by atomic mass is 32.1. The van der Waals surface area contributed by atoms with E-state index in [1.165, 1.54) is 11.3 Å². The van der Waals surface area contributed by atoms with Crippen molar-refractivity contribution >= 4 is 12.6 Å². The highest BCUT2D eigenvalue weighted by Gasteiger charge is 2.50. The summed E-state index contributed by atoms with van der Waals surface area (Å²) in [4.78, 5) is 6.99. The average molecular weight is 289 g/mol. The second-order valence-corrected chi connectivity index (χ2v) is 7.34. The van der Waals surface area contributed by atoms with Gasteiger partial charge >= 0.3 is 0 Å². The van der Waals surface area contributed by atoms with E-state index in [4.69, 9.17) is 18.4 Å². The molecule has 1 saturated carbocycles. The van der Waals surface area contributed by atoms with Crippen LogP contribution in [0.25, 0.3) is 0 Å². The molecule has 3 rings (SSSR count). The van der Waals surface area contributed by atoms with E-state index in [-0.39, 0.29) is 4.75 Å². The number of hydrogen-bond acceptors (Lipinski definition) is 4. The Morgan fingerprint density at radius 1 is 1.65 bits per heavy atom.